The lowest BCUT2D eigenvalue weighted by molar-refractivity contribution is -0.181. The summed E-state index contributed by atoms with van der Waals surface area (Å²) in [7, 11) is 0. The van der Waals surface area contributed by atoms with Crippen LogP contribution in [-0.2, 0) is 34.5 Å². The molecule has 1 aliphatic heterocycles. The summed E-state index contributed by atoms with van der Waals surface area (Å²) >= 11 is 0. The maximum absolute atomic E-state index is 14.9. The first-order valence-corrected chi connectivity index (χ1v) is 21.2. The molecule has 3 saturated carbocycles. The van der Waals surface area contributed by atoms with E-state index in [0.717, 1.165) is 81.7 Å². The van der Waals surface area contributed by atoms with Gasteiger partial charge in [-0.25, -0.2) is 0 Å². The number of aromatic nitrogens is 2. The third kappa shape index (κ3) is 5.14. The van der Waals surface area contributed by atoms with Crippen LogP contribution in [0.3, 0.4) is 0 Å². The second-order valence-electron chi connectivity index (χ2n) is 20.7. The minimum atomic E-state index is -0.527. The van der Waals surface area contributed by atoms with Gasteiger partial charge in [0.15, 0.2) is 0 Å². The molecule has 1 saturated heterocycles. The maximum Gasteiger partial charge on any atom is 0.313 e. The summed E-state index contributed by atoms with van der Waals surface area (Å²) in [5.74, 6) is 2.90. The van der Waals surface area contributed by atoms with Crippen molar-refractivity contribution in [1.82, 2.24) is 15.1 Å². The van der Waals surface area contributed by atoms with Gasteiger partial charge < -0.3 is 14.9 Å². The van der Waals surface area contributed by atoms with Crippen molar-refractivity contribution in [3.63, 3.8) is 0 Å². The number of furan rings is 1. The minimum Gasteiger partial charge on any atom is -0.467 e. The fourth-order valence-electron chi connectivity index (χ4n) is 14.2. The average molecular weight is 733 g/mol. The van der Waals surface area contributed by atoms with Gasteiger partial charge in [0.2, 0.25) is 0 Å². The molecule has 5 aliphatic carbocycles. The Morgan fingerprint density at radius 3 is 2.46 bits per heavy atom. The van der Waals surface area contributed by atoms with E-state index in [9.17, 15) is 4.79 Å². The summed E-state index contributed by atoms with van der Waals surface area (Å²) in [6.45, 7) is 21.1. The van der Waals surface area contributed by atoms with E-state index in [1.165, 1.54) is 48.1 Å². The zero-order chi connectivity index (χ0) is 37.9. The van der Waals surface area contributed by atoms with Crippen LogP contribution in [-0.4, -0.2) is 34.2 Å². The zero-order valence-corrected chi connectivity index (χ0v) is 34.1. The number of anilines is 1. The molecule has 7 atom stereocenters. The van der Waals surface area contributed by atoms with E-state index in [1.807, 2.05) is 24.5 Å². The van der Waals surface area contributed by atoms with E-state index in [4.69, 9.17) is 20.0 Å². The molecule has 9 rings (SSSR count). The first-order valence-electron chi connectivity index (χ1n) is 21.2. The Morgan fingerprint density at radius 2 is 1.70 bits per heavy atom. The Balaban J connectivity index is 1.22. The highest BCUT2D eigenvalue weighted by molar-refractivity contribution is 5.82. The third-order valence-corrected chi connectivity index (χ3v) is 17.2. The van der Waals surface area contributed by atoms with Crippen molar-refractivity contribution in [3.8, 4) is 0 Å². The first kappa shape index (κ1) is 36.3. The normalized spacial score (nSPS) is 36.8. The van der Waals surface area contributed by atoms with Gasteiger partial charge in [0.1, 0.15) is 18.2 Å². The molecular weight excluding hydrogens is 669 g/mol. The molecule has 0 radical (unpaired) electrons. The summed E-state index contributed by atoms with van der Waals surface area (Å²) in [6, 6.07) is 12.5. The second-order valence-corrected chi connectivity index (χ2v) is 20.7. The van der Waals surface area contributed by atoms with E-state index in [-0.39, 0.29) is 39.0 Å². The lowest BCUT2D eigenvalue weighted by Crippen LogP contribution is -2.65. The van der Waals surface area contributed by atoms with Crippen LogP contribution < -0.4 is 5.73 Å². The number of likely N-dealkylation sites (tertiary alicyclic amines) is 1. The molecular formula is C47H64N4O3. The van der Waals surface area contributed by atoms with Gasteiger partial charge in [-0.05, 0) is 140 Å². The largest absolute Gasteiger partial charge is 0.467 e. The highest BCUT2D eigenvalue weighted by Crippen LogP contribution is 2.77. The van der Waals surface area contributed by atoms with Crippen LogP contribution in [0.4, 0.5) is 5.82 Å². The molecule has 54 heavy (non-hydrogen) atoms. The number of nitrogens with one attached hydrogen (secondary N) is 1. The number of carbonyl (C=O) groups excluding carboxylic acids is 1. The SMILES string of the molecule is CC1(C)CC[C@]2(C(=O)OCc3ccccc3)CC[C@]3(C)C(=C(c4ccoc4CN4CCCC4)CC4[C@@]5(C)Cc6c(n[nH]c6N)C(C)(C)C5CC[C@]43C)C2C1. The Hall–Kier alpha value is -3.32. The van der Waals surface area contributed by atoms with Gasteiger partial charge in [-0.15, -0.1) is 0 Å². The number of nitrogen functional groups attached to an aromatic ring is 1. The van der Waals surface area contributed by atoms with E-state index in [0.29, 0.717) is 18.4 Å². The maximum atomic E-state index is 14.9. The molecule has 3 N–H and O–H groups in total. The summed E-state index contributed by atoms with van der Waals surface area (Å²) in [5.41, 5.74) is 14.0. The van der Waals surface area contributed by atoms with Crippen LogP contribution in [0.5, 0.6) is 0 Å². The molecule has 0 bridgehead atoms. The van der Waals surface area contributed by atoms with Gasteiger partial charge in [-0.1, -0.05) is 84.4 Å². The number of H-pyrrole nitrogens is 1. The predicted octanol–water partition coefficient (Wildman–Crippen LogP) is 10.3. The summed E-state index contributed by atoms with van der Waals surface area (Å²) in [6.07, 6.45) is 13.6. The average Bonchev–Trinajstić information content (AvgIpc) is 3.90. The fourth-order valence-corrected chi connectivity index (χ4v) is 14.2. The van der Waals surface area contributed by atoms with Gasteiger partial charge in [-0.3, -0.25) is 14.8 Å². The van der Waals surface area contributed by atoms with Crippen molar-refractivity contribution in [2.45, 2.75) is 138 Å². The highest BCUT2D eigenvalue weighted by Gasteiger charge is 2.70. The predicted molar refractivity (Wildman–Crippen MR) is 214 cm³/mol. The summed E-state index contributed by atoms with van der Waals surface area (Å²) < 4.78 is 12.9. The second kappa shape index (κ2) is 12.3. The molecule has 2 aromatic heterocycles. The summed E-state index contributed by atoms with van der Waals surface area (Å²) in [5, 5.41) is 8.05. The number of nitrogens with two attached hydrogens (primary N) is 1. The molecule has 6 aliphatic rings. The molecule has 0 amide bonds. The number of esters is 1. The number of fused-ring (bicyclic) bond motifs is 8. The van der Waals surface area contributed by atoms with Crippen molar-refractivity contribution in [2.24, 2.45) is 44.8 Å². The number of rotatable bonds is 6. The van der Waals surface area contributed by atoms with E-state index in [1.54, 1.807) is 5.57 Å². The van der Waals surface area contributed by atoms with Crippen molar-refractivity contribution in [1.29, 1.82) is 0 Å². The van der Waals surface area contributed by atoms with Crippen molar-refractivity contribution in [3.05, 3.63) is 76.4 Å². The molecule has 7 heteroatoms. The van der Waals surface area contributed by atoms with Crippen LogP contribution in [0.1, 0.15) is 141 Å². The molecule has 0 spiro atoms. The van der Waals surface area contributed by atoms with Crippen molar-refractivity contribution < 1.29 is 13.9 Å². The number of ether oxygens (including phenoxy) is 1. The Kier molecular flexibility index (Phi) is 8.30. The number of allylic oxidation sites excluding steroid dienone is 2. The Bertz CT molecular complexity index is 1970. The standard InChI is InChI=1S/C47H64N4O3/c1-42(2)18-20-47(41(52)54-29-30-13-9-8-10-14-30)21-19-46(7)38(34(47)27-42)32(31-16-24-53-35(31)28-51-22-11-12-23-51)25-37-44(5)26-33-39(49-50-40(33)48)43(3,4)36(44)15-17-45(37,46)6/h8-10,13-14,16,24,34,36-37H,11-12,15,17-23,25-29H2,1-7H3,(H3,48,49,50)/t34?,36?,37?,44-,45+,46+,47-/m0/s1. The van der Waals surface area contributed by atoms with Crippen LogP contribution in [0.15, 0.2) is 52.7 Å². The summed E-state index contributed by atoms with van der Waals surface area (Å²) in [4.78, 5) is 17.5. The van der Waals surface area contributed by atoms with Crippen LogP contribution in [0, 0.1) is 44.8 Å². The topological polar surface area (TPSA) is 97.4 Å². The smallest absolute Gasteiger partial charge is 0.313 e. The fraction of sp³-hybridized carbons (Fsp3) is 0.660. The molecule has 4 fully saturated rings. The van der Waals surface area contributed by atoms with E-state index in [2.05, 4.69) is 76.7 Å². The van der Waals surface area contributed by atoms with Crippen molar-refractivity contribution in [2.75, 3.05) is 18.8 Å². The van der Waals surface area contributed by atoms with E-state index < -0.39 is 5.41 Å². The molecule has 7 nitrogen and oxygen atoms in total. The molecule has 1 aromatic carbocycles. The van der Waals surface area contributed by atoms with Gasteiger partial charge in [0.25, 0.3) is 0 Å². The number of hydrogen-bond donors (Lipinski definition) is 2. The Morgan fingerprint density at radius 1 is 0.963 bits per heavy atom. The number of benzene rings is 1. The van der Waals surface area contributed by atoms with Crippen LogP contribution >= 0.6 is 0 Å². The Labute approximate surface area is 323 Å². The molecule has 290 valence electrons. The van der Waals surface area contributed by atoms with Gasteiger partial charge in [0, 0.05) is 16.5 Å². The van der Waals surface area contributed by atoms with Gasteiger partial charge in [0.05, 0.1) is 23.9 Å². The highest BCUT2D eigenvalue weighted by atomic mass is 16.5. The number of hydrogen-bond acceptors (Lipinski definition) is 6. The van der Waals surface area contributed by atoms with Crippen LogP contribution in [0.25, 0.3) is 5.57 Å². The first-order chi connectivity index (χ1) is 25.6. The van der Waals surface area contributed by atoms with Crippen molar-refractivity contribution >= 4 is 17.4 Å². The monoisotopic (exact) mass is 732 g/mol. The lowest BCUT2D eigenvalue weighted by Gasteiger charge is -2.71. The minimum absolute atomic E-state index is 0.0187. The number of nitrogens with zero attached hydrogens (tertiary/aromatic N) is 2. The van der Waals surface area contributed by atoms with E-state index >= 15 is 0 Å². The zero-order valence-electron chi connectivity index (χ0n) is 34.1. The quantitative estimate of drug-likeness (QED) is 0.245. The number of aromatic amines is 1. The van der Waals surface area contributed by atoms with Crippen LogP contribution in [0.2, 0.25) is 0 Å². The number of carbonyl (C=O) groups is 1. The molecule has 3 unspecified atom stereocenters. The molecule has 3 heterocycles. The van der Waals surface area contributed by atoms with Gasteiger partial charge in [-0.2, -0.15) is 5.10 Å². The van der Waals surface area contributed by atoms with Gasteiger partial charge >= 0.3 is 5.97 Å². The lowest BCUT2D eigenvalue weighted by atomic mass is 9.32. The third-order valence-electron chi connectivity index (χ3n) is 17.2. The molecule has 3 aromatic rings.